The highest BCUT2D eigenvalue weighted by atomic mass is 32.2. The van der Waals surface area contributed by atoms with Crippen LogP contribution in [0.15, 0.2) is 89.8 Å². The van der Waals surface area contributed by atoms with Gasteiger partial charge >= 0.3 is 0 Å². The first kappa shape index (κ1) is 25.9. The van der Waals surface area contributed by atoms with Gasteiger partial charge in [-0.3, -0.25) is 4.79 Å². The zero-order valence-electron chi connectivity index (χ0n) is 21.0. The molecular formula is C29H34N2O4S. The number of hydrogen-bond acceptors (Lipinski definition) is 4. The molecule has 0 spiro atoms. The number of para-hydroxylation sites is 1. The molecule has 0 aromatic heterocycles. The van der Waals surface area contributed by atoms with Crippen molar-refractivity contribution in [3.8, 4) is 5.75 Å². The summed E-state index contributed by atoms with van der Waals surface area (Å²) in [5.41, 5.74) is 1.31. The van der Waals surface area contributed by atoms with Gasteiger partial charge in [0.25, 0.3) is 0 Å². The van der Waals surface area contributed by atoms with Crippen molar-refractivity contribution in [2.75, 3.05) is 26.7 Å². The molecule has 6 nitrogen and oxygen atoms in total. The minimum atomic E-state index is -3.69. The van der Waals surface area contributed by atoms with Gasteiger partial charge in [-0.05, 0) is 55.2 Å². The van der Waals surface area contributed by atoms with Crippen molar-refractivity contribution in [1.29, 1.82) is 0 Å². The highest BCUT2D eigenvalue weighted by molar-refractivity contribution is 7.89. The Morgan fingerprint density at radius 1 is 1.00 bits per heavy atom. The Labute approximate surface area is 214 Å². The number of benzene rings is 3. The lowest BCUT2D eigenvalue weighted by molar-refractivity contribution is -0.134. The van der Waals surface area contributed by atoms with Crippen LogP contribution in [0.1, 0.15) is 30.4 Å². The van der Waals surface area contributed by atoms with E-state index in [1.807, 2.05) is 73.7 Å². The van der Waals surface area contributed by atoms with Crippen LogP contribution in [0.25, 0.3) is 0 Å². The van der Waals surface area contributed by atoms with Crippen LogP contribution in [0.5, 0.6) is 5.75 Å². The molecule has 36 heavy (non-hydrogen) atoms. The smallest absolute Gasteiger partial charge is 0.243 e. The molecule has 0 saturated carbocycles. The molecule has 0 aliphatic carbocycles. The van der Waals surface area contributed by atoms with Crippen molar-refractivity contribution in [3.63, 3.8) is 0 Å². The molecule has 1 atom stereocenters. The van der Waals surface area contributed by atoms with Crippen molar-refractivity contribution in [2.45, 2.75) is 37.6 Å². The third-order valence-electron chi connectivity index (χ3n) is 6.76. The summed E-state index contributed by atoms with van der Waals surface area (Å²) in [5.74, 6) is 0.686. The van der Waals surface area contributed by atoms with Gasteiger partial charge in [-0.15, -0.1) is 0 Å². The van der Waals surface area contributed by atoms with Gasteiger partial charge < -0.3 is 9.64 Å². The molecule has 1 fully saturated rings. The molecule has 190 valence electrons. The van der Waals surface area contributed by atoms with Crippen LogP contribution < -0.4 is 4.74 Å². The molecule has 7 heteroatoms. The average molecular weight is 507 g/mol. The van der Waals surface area contributed by atoms with E-state index in [2.05, 4.69) is 0 Å². The maximum Gasteiger partial charge on any atom is 0.243 e. The van der Waals surface area contributed by atoms with Crippen molar-refractivity contribution >= 4 is 15.9 Å². The number of carbonyl (C=O) groups is 1. The van der Waals surface area contributed by atoms with E-state index in [-0.39, 0.29) is 30.4 Å². The van der Waals surface area contributed by atoms with Gasteiger partial charge in [-0.1, -0.05) is 60.7 Å². The highest BCUT2D eigenvalue weighted by Crippen LogP contribution is 2.37. The molecule has 0 radical (unpaired) electrons. The molecule has 1 aliphatic rings. The Balaban J connectivity index is 1.57. The Kier molecular flexibility index (Phi) is 8.11. The van der Waals surface area contributed by atoms with Crippen LogP contribution in [0.2, 0.25) is 0 Å². The Morgan fingerprint density at radius 3 is 2.39 bits per heavy atom. The van der Waals surface area contributed by atoms with Gasteiger partial charge in [0.15, 0.2) is 0 Å². The number of hydrogen-bond donors (Lipinski definition) is 0. The highest BCUT2D eigenvalue weighted by Gasteiger charge is 2.43. The number of ether oxygens (including phenoxy) is 1. The molecule has 0 unspecified atom stereocenters. The maximum atomic E-state index is 13.6. The number of carbonyl (C=O) groups excluding carboxylic acids is 1. The summed E-state index contributed by atoms with van der Waals surface area (Å²) in [7, 11) is -1.89. The second kappa shape index (κ2) is 11.3. The first-order valence-corrected chi connectivity index (χ1v) is 13.7. The summed E-state index contributed by atoms with van der Waals surface area (Å²) in [4.78, 5) is 15.4. The van der Waals surface area contributed by atoms with Crippen LogP contribution in [-0.4, -0.2) is 50.3 Å². The average Bonchev–Trinajstić information content (AvgIpc) is 2.89. The Bertz CT molecular complexity index is 1260. The monoisotopic (exact) mass is 506 g/mol. The van der Waals surface area contributed by atoms with Gasteiger partial charge in [0.05, 0.1) is 11.5 Å². The Morgan fingerprint density at radius 2 is 1.69 bits per heavy atom. The van der Waals surface area contributed by atoms with Crippen LogP contribution in [0.4, 0.5) is 0 Å². The van der Waals surface area contributed by atoms with Crippen LogP contribution in [0, 0.1) is 12.3 Å². The van der Waals surface area contributed by atoms with E-state index < -0.39 is 15.4 Å². The zero-order chi connectivity index (χ0) is 25.6. The SMILES string of the molecule is Cc1cccc(S(=O)(=O)N2CCC[C@@](COc3ccccc3)(CC(=O)N(C)Cc3ccccc3)C2)c1. The van der Waals surface area contributed by atoms with E-state index in [1.165, 1.54) is 4.31 Å². The number of piperidine rings is 1. The van der Waals surface area contributed by atoms with Crippen LogP contribution in [0.3, 0.4) is 0 Å². The van der Waals surface area contributed by atoms with E-state index in [0.29, 0.717) is 31.7 Å². The number of amides is 1. The summed E-state index contributed by atoms with van der Waals surface area (Å²) in [6, 6.07) is 26.3. The predicted molar refractivity (Wildman–Crippen MR) is 141 cm³/mol. The summed E-state index contributed by atoms with van der Waals surface area (Å²) in [5, 5.41) is 0. The van der Waals surface area contributed by atoms with Gasteiger partial charge in [-0.2, -0.15) is 4.31 Å². The fourth-order valence-corrected chi connectivity index (χ4v) is 6.46. The molecule has 3 aromatic carbocycles. The minimum Gasteiger partial charge on any atom is -0.493 e. The zero-order valence-corrected chi connectivity index (χ0v) is 21.8. The molecule has 3 aromatic rings. The van der Waals surface area contributed by atoms with E-state index in [0.717, 1.165) is 11.1 Å². The van der Waals surface area contributed by atoms with E-state index in [9.17, 15) is 13.2 Å². The lowest BCUT2D eigenvalue weighted by atomic mass is 9.78. The molecule has 1 aliphatic heterocycles. The topological polar surface area (TPSA) is 66.9 Å². The van der Waals surface area contributed by atoms with E-state index in [1.54, 1.807) is 30.1 Å². The first-order valence-electron chi connectivity index (χ1n) is 12.3. The largest absolute Gasteiger partial charge is 0.493 e. The third-order valence-corrected chi connectivity index (χ3v) is 8.60. The van der Waals surface area contributed by atoms with Crippen LogP contribution >= 0.6 is 0 Å². The van der Waals surface area contributed by atoms with Crippen molar-refractivity contribution in [1.82, 2.24) is 9.21 Å². The number of nitrogens with zero attached hydrogens (tertiary/aromatic N) is 2. The van der Waals surface area contributed by atoms with Crippen molar-refractivity contribution < 1.29 is 17.9 Å². The van der Waals surface area contributed by atoms with Gasteiger partial charge in [0.2, 0.25) is 15.9 Å². The molecule has 4 rings (SSSR count). The van der Waals surface area contributed by atoms with E-state index in [4.69, 9.17) is 4.74 Å². The van der Waals surface area contributed by atoms with Gasteiger partial charge in [0.1, 0.15) is 5.75 Å². The number of aryl methyl sites for hydroxylation is 1. The fraction of sp³-hybridized carbons (Fsp3) is 0.345. The van der Waals surface area contributed by atoms with Crippen molar-refractivity contribution in [2.24, 2.45) is 5.41 Å². The predicted octanol–water partition coefficient (Wildman–Crippen LogP) is 4.89. The number of sulfonamides is 1. The standard InChI is InChI=1S/C29H34N2O4S/c1-24-11-9-16-27(19-24)36(33,34)31-18-10-17-29(22-31,23-35-26-14-7-4-8-15-26)20-28(32)30(2)21-25-12-5-3-6-13-25/h3-9,11-16,19H,10,17-18,20-23H2,1-2H3/t29-/m1/s1. The molecule has 0 bridgehead atoms. The second-order valence-corrected chi connectivity index (χ2v) is 11.7. The summed E-state index contributed by atoms with van der Waals surface area (Å²) >= 11 is 0. The Hall–Kier alpha value is -3.16. The van der Waals surface area contributed by atoms with Gasteiger partial charge in [-0.25, -0.2) is 8.42 Å². The maximum absolute atomic E-state index is 13.6. The number of rotatable bonds is 9. The van der Waals surface area contributed by atoms with E-state index >= 15 is 0 Å². The third kappa shape index (κ3) is 6.33. The molecule has 0 N–H and O–H groups in total. The first-order chi connectivity index (χ1) is 17.3. The fourth-order valence-electron chi connectivity index (χ4n) is 4.76. The minimum absolute atomic E-state index is 0.0229. The van der Waals surface area contributed by atoms with Gasteiger partial charge in [0, 0.05) is 38.5 Å². The normalized spacial score (nSPS) is 18.5. The summed E-state index contributed by atoms with van der Waals surface area (Å²) < 4.78 is 34.8. The molecule has 1 amide bonds. The molecular weight excluding hydrogens is 472 g/mol. The quantitative estimate of drug-likeness (QED) is 0.414. The molecule has 1 heterocycles. The molecule has 1 saturated heterocycles. The summed E-state index contributed by atoms with van der Waals surface area (Å²) in [6.07, 6.45) is 1.59. The van der Waals surface area contributed by atoms with Crippen molar-refractivity contribution in [3.05, 3.63) is 96.1 Å². The summed E-state index contributed by atoms with van der Waals surface area (Å²) in [6.45, 7) is 3.31. The lowest BCUT2D eigenvalue weighted by Gasteiger charge is -2.42. The lowest BCUT2D eigenvalue weighted by Crippen LogP contribution is -2.50. The second-order valence-electron chi connectivity index (χ2n) is 9.77. The van der Waals surface area contributed by atoms with Crippen LogP contribution in [-0.2, 0) is 21.4 Å².